The van der Waals surface area contributed by atoms with E-state index in [0.29, 0.717) is 5.56 Å². The molecule has 150 valence electrons. The average molecular weight is 427 g/mol. The summed E-state index contributed by atoms with van der Waals surface area (Å²) in [6.07, 6.45) is 0.232. The van der Waals surface area contributed by atoms with Crippen LogP contribution >= 0.6 is 0 Å². The van der Waals surface area contributed by atoms with Gasteiger partial charge in [-0.05, 0) is 48.4 Å². The predicted octanol–water partition coefficient (Wildman–Crippen LogP) is 1.65. The molecule has 10 heteroatoms. The Hall–Kier alpha value is -2.30. The van der Waals surface area contributed by atoms with Crippen molar-refractivity contribution in [3.8, 4) is 0 Å². The molecule has 0 radical (unpaired) electrons. The molecule has 1 heterocycles. The summed E-state index contributed by atoms with van der Waals surface area (Å²) in [5, 5.41) is 0. The lowest BCUT2D eigenvalue weighted by Crippen LogP contribution is -2.35. The van der Waals surface area contributed by atoms with Crippen LogP contribution in [0.1, 0.15) is 22.3 Å². The number of ether oxygens (including phenoxy) is 1. The van der Waals surface area contributed by atoms with Crippen LogP contribution in [-0.4, -0.2) is 40.4 Å². The lowest BCUT2D eigenvalue weighted by Gasteiger charge is -2.12. The molecule has 1 aliphatic heterocycles. The molecule has 1 saturated heterocycles. The van der Waals surface area contributed by atoms with Crippen LogP contribution in [0.2, 0.25) is 0 Å². The fourth-order valence-electron chi connectivity index (χ4n) is 2.76. The van der Waals surface area contributed by atoms with E-state index in [9.17, 15) is 26.0 Å². The summed E-state index contributed by atoms with van der Waals surface area (Å²) in [7, 11) is -7.11. The highest BCUT2D eigenvalue weighted by molar-refractivity contribution is 7.92. The molecule has 1 unspecified atom stereocenters. The first kappa shape index (κ1) is 20.4. The van der Waals surface area contributed by atoms with E-state index in [0.717, 1.165) is 0 Å². The van der Waals surface area contributed by atoms with Gasteiger partial charge in [-0.3, -0.25) is 0 Å². The molecule has 1 aliphatic rings. The molecule has 0 bridgehead atoms. The van der Waals surface area contributed by atoms with Crippen LogP contribution < -0.4 is 4.72 Å². The summed E-state index contributed by atoms with van der Waals surface area (Å²) in [5.41, 5.74) is 0.772. The first-order chi connectivity index (χ1) is 13.1. The summed E-state index contributed by atoms with van der Waals surface area (Å²) < 4.78 is 68.0. The van der Waals surface area contributed by atoms with E-state index in [-0.39, 0.29) is 35.0 Å². The van der Waals surface area contributed by atoms with Crippen LogP contribution in [0.5, 0.6) is 0 Å². The summed E-state index contributed by atoms with van der Waals surface area (Å²) in [4.78, 5) is 12.0. The molecule has 1 N–H and O–H groups in total. The molecule has 1 fully saturated rings. The van der Waals surface area contributed by atoms with Crippen LogP contribution in [0.15, 0.2) is 53.4 Å². The number of carbonyl (C=O) groups excluding carboxylic acids is 1. The number of halogens is 1. The summed E-state index contributed by atoms with van der Waals surface area (Å²) >= 11 is 0. The van der Waals surface area contributed by atoms with E-state index in [1.165, 1.54) is 48.5 Å². The van der Waals surface area contributed by atoms with Crippen molar-refractivity contribution in [2.24, 2.45) is 0 Å². The minimum atomic E-state index is -3.90. The lowest BCUT2D eigenvalue weighted by molar-refractivity contribution is 0.0472. The molecule has 7 nitrogen and oxygen atoms in total. The minimum absolute atomic E-state index is 0.0426. The van der Waals surface area contributed by atoms with Gasteiger partial charge >= 0.3 is 5.97 Å². The van der Waals surface area contributed by atoms with Gasteiger partial charge in [0.25, 0.3) is 0 Å². The van der Waals surface area contributed by atoms with Crippen LogP contribution in [0.4, 0.5) is 4.39 Å². The zero-order chi connectivity index (χ0) is 20.4. The zero-order valence-electron chi connectivity index (χ0n) is 14.7. The Morgan fingerprint density at radius 1 is 1.11 bits per heavy atom. The summed E-state index contributed by atoms with van der Waals surface area (Å²) in [5.74, 6) is -1.31. The first-order valence-corrected chi connectivity index (χ1v) is 11.7. The van der Waals surface area contributed by atoms with Gasteiger partial charge in [0.05, 0.1) is 22.0 Å². The number of rotatable bonds is 6. The Bertz CT molecular complexity index is 1060. The molecular weight excluding hydrogens is 409 g/mol. The fraction of sp³-hybridized carbons (Fsp3) is 0.278. The highest BCUT2D eigenvalue weighted by atomic mass is 32.2. The monoisotopic (exact) mass is 427 g/mol. The number of benzene rings is 2. The second-order valence-electron chi connectivity index (χ2n) is 6.45. The van der Waals surface area contributed by atoms with Gasteiger partial charge in [-0.15, -0.1) is 0 Å². The Morgan fingerprint density at radius 3 is 2.32 bits per heavy atom. The smallest absolute Gasteiger partial charge is 0.338 e. The van der Waals surface area contributed by atoms with E-state index < -0.39 is 37.7 Å². The molecule has 0 spiro atoms. The Kier molecular flexibility index (Phi) is 5.82. The van der Waals surface area contributed by atoms with Crippen molar-refractivity contribution in [2.45, 2.75) is 24.0 Å². The highest BCUT2D eigenvalue weighted by Crippen LogP contribution is 2.17. The first-order valence-electron chi connectivity index (χ1n) is 8.39. The molecule has 2 aromatic carbocycles. The van der Waals surface area contributed by atoms with Crippen molar-refractivity contribution >= 4 is 25.8 Å². The van der Waals surface area contributed by atoms with Gasteiger partial charge in [0.2, 0.25) is 10.0 Å². The number of hydrogen-bond acceptors (Lipinski definition) is 6. The van der Waals surface area contributed by atoms with E-state index >= 15 is 0 Å². The predicted molar refractivity (Wildman–Crippen MR) is 99.3 cm³/mol. The maximum atomic E-state index is 12.9. The van der Waals surface area contributed by atoms with Crippen LogP contribution in [-0.2, 0) is 31.2 Å². The third kappa shape index (κ3) is 5.15. The number of nitrogens with one attached hydrogen (secondary N) is 1. The summed E-state index contributed by atoms with van der Waals surface area (Å²) in [6, 6.07) is 9.97. The number of sulfone groups is 1. The molecular formula is C18H18FNO6S2. The lowest BCUT2D eigenvalue weighted by atomic mass is 10.2. The molecule has 0 saturated carbocycles. The van der Waals surface area contributed by atoms with Crippen molar-refractivity contribution < 1.29 is 30.8 Å². The van der Waals surface area contributed by atoms with Crippen LogP contribution in [0.25, 0.3) is 0 Å². The maximum Gasteiger partial charge on any atom is 0.338 e. The second-order valence-corrected chi connectivity index (χ2v) is 10.4. The minimum Gasteiger partial charge on any atom is -0.457 e. The number of hydrogen-bond donors (Lipinski definition) is 1. The van der Waals surface area contributed by atoms with E-state index in [1.807, 2.05) is 0 Å². The van der Waals surface area contributed by atoms with Gasteiger partial charge in [-0.25, -0.2) is 30.7 Å². The number of carbonyl (C=O) groups is 1. The standard InChI is InChI=1S/C18H18FNO6S2/c19-15-5-1-13(2-6-15)11-26-18(21)14-3-7-17(8-4-14)28(24,25)20-16-9-10-27(22,23)12-16/h1-8,16,20H,9-12H2. The maximum absolute atomic E-state index is 12.9. The van der Waals surface area contributed by atoms with Crippen molar-refractivity contribution in [3.63, 3.8) is 0 Å². The molecule has 28 heavy (non-hydrogen) atoms. The number of esters is 1. The van der Waals surface area contributed by atoms with Gasteiger partial charge in [0, 0.05) is 6.04 Å². The van der Waals surface area contributed by atoms with E-state index in [2.05, 4.69) is 4.72 Å². The Morgan fingerprint density at radius 2 is 1.75 bits per heavy atom. The molecule has 0 aromatic heterocycles. The quantitative estimate of drug-likeness (QED) is 0.703. The molecule has 1 atom stereocenters. The van der Waals surface area contributed by atoms with Gasteiger partial charge in [-0.2, -0.15) is 0 Å². The van der Waals surface area contributed by atoms with Gasteiger partial charge < -0.3 is 4.74 Å². The number of sulfonamides is 1. The van der Waals surface area contributed by atoms with Crippen LogP contribution in [0.3, 0.4) is 0 Å². The third-order valence-corrected chi connectivity index (χ3v) is 7.54. The SMILES string of the molecule is O=C(OCc1ccc(F)cc1)c1ccc(S(=O)(=O)NC2CCS(=O)(=O)C2)cc1. The van der Waals surface area contributed by atoms with E-state index in [4.69, 9.17) is 4.74 Å². The fourth-order valence-corrected chi connectivity index (χ4v) is 5.81. The van der Waals surface area contributed by atoms with Crippen LogP contribution in [0, 0.1) is 5.82 Å². The summed E-state index contributed by atoms with van der Waals surface area (Å²) in [6.45, 7) is -0.0448. The van der Waals surface area contributed by atoms with Crippen molar-refractivity contribution in [1.29, 1.82) is 0 Å². The largest absolute Gasteiger partial charge is 0.457 e. The molecule has 3 rings (SSSR count). The second kappa shape index (κ2) is 7.98. The average Bonchev–Trinajstić information content (AvgIpc) is 2.98. The topological polar surface area (TPSA) is 107 Å². The molecule has 0 amide bonds. The van der Waals surface area contributed by atoms with E-state index in [1.54, 1.807) is 0 Å². The molecule has 0 aliphatic carbocycles. The van der Waals surface area contributed by atoms with Gasteiger partial charge in [0.1, 0.15) is 12.4 Å². The molecule has 2 aromatic rings. The van der Waals surface area contributed by atoms with Crippen molar-refractivity contribution in [2.75, 3.05) is 11.5 Å². The van der Waals surface area contributed by atoms with Crippen molar-refractivity contribution in [1.82, 2.24) is 4.72 Å². The highest BCUT2D eigenvalue weighted by Gasteiger charge is 2.31. The zero-order valence-corrected chi connectivity index (χ0v) is 16.3. The Balaban J connectivity index is 1.62. The normalized spacial score (nSPS) is 18.7. The van der Waals surface area contributed by atoms with Gasteiger partial charge in [-0.1, -0.05) is 12.1 Å². The van der Waals surface area contributed by atoms with Gasteiger partial charge in [0.15, 0.2) is 9.84 Å². The Labute approximate surface area is 162 Å². The third-order valence-electron chi connectivity index (χ3n) is 4.24. The van der Waals surface area contributed by atoms with Crippen molar-refractivity contribution in [3.05, 3.63) is 65.5 Å².